The molecule has 0 saturated heterocycles. The Morgan fingerprint density at radius 3 is 0.907 bits per heavy atom. The normalized spacial score (nSPS) is 12.5. The summed E-state index contributed by atoms with van der Waals surface area (Å²) < 4.78 is 5.51. The molecular formula is C69H135NO5. The maximum atomic E-state index is 12.5. The van der Waals surface area contributed by atoms with Gasteiger partial charge in [-0.3, -0.25) is 9.59 Å². The maximum absolute atomic E-state index is 12.5. The average molecular weight is 1060 g/mol. The summed E-state index contributed by atoms with van der Waals surface area (Å²) in [5.74, 6) is -0.0422. The third-order valence-electron chi connectivity index (χ3n) is 16.3. The van der Waals surface area contributed by atoms with Crippen molar-refractivity contribution < 1.29 is 24.5 Å². The standard InChI is InChI=1S/C69H135NO5/c1-3-5-7-9-11-13-15-17-19-30-35-39-43-47-51-55-59-63-69(74)75-64-60-56-52-48-44-40-36-32-29-27-25-23-21-22-24-26-28-31-34-38-42-46-50-54-58-62-68(73)70-66(65-71)67(72)61-57-53-49-45-41-37-33-20-18-16-14-12-10-8-6-4-2/h57,61,66-67,71-72H,3-56,58-60,62-65H2,1-2H3,(H,70,73)/b61-57+. The van der Waals surface area contributed by atoms with Gasteiger partial charge in [0.1, 0.15) is 0 Å². The predicted molar refractivity (Wildman–Crippen MR) is 329 cm³/mol. The molecule has 2 atom stereocenters. The summed E-state index contributed by atoms with van der Waals surface area (Å²) in [6.45, 7) is 4.95. The van der Waals surface area contributed by atoms with Gasteiger partial charge >= 0.3 is 5.97 Å². The summed E-state index contributed by atoms with van der Waals surface area (Å²) in [5, 5.41) is 23.2. The number of aliphatic hydroxyl groups excluding tert-OH is 2. The number of unbranched alkanes of at least 4 members (excludes halogenated alkanes) is 54. The molecule has 0 aromatic rings. The van der Waals surface area contributed by atoms with Crippen LogP contribution in [0.2, 0.25) is 0 Å². The van der Waals surface area contributed by atoms with E-state index in [1.807, 2.05) is 6.08 Å². The van der Waals surface area contributed by atoms with Crippen molar-refractivity contribution >= 4 is 11.9 Å². The smallest absolute Gasteiger partial charge is 0.305 e. The van der Waals surface area contributed by atoms with Gasteiger partial charge in [-0.25, -0.2) is 0 Å². The fraction of sp³-hybridized carbons (Fsp3) is 0.942. The first-order valence-electron chi connectivity index (χ1n) is 34.5. The molecule has 0 saturated carbocycles. The van der Waals surface area contributed by atoms with Crippen LogP contribution in [0, 0.1) is 0 Å². The van der Waals surface area contributed by atoms with Crippen LogP contribution in [0.25, 0.3) is 0 Å². The van der Waals surface area contributed by atoms with E-state index in [1.165, 1.54) is 327 Å². The quantitative estimate of drug-likeness (QED) is 0.0320. The Kier molecular flexibility index (Phi) is 63.9. The Morgan fingerprint density at radius 1 is 0.360 bits per heavy atom. The van der Waals surface area contributed by atoms with Crippen molar-refractivity contribution in [2.24, 2.45) is 0 Å². The van der Waals surface area contributed by atoms with Gasteiger partial charge in [-0.05, 0) is 32.1 Å². The molecule has 1 amide bonds. The van der Waals surface area contributed by atoms with E-state index < -0.39 is 12.1 Å². The van der Waals surface area contributed by atoms with Crippen molar-refractivity contribution in [2.45, 2.75) is 405 Å². The third-order valence-corrected chi connectivity index (χ3v) is 16.3. The second-order valence-corrected chi connectivity index (χ2v) is 23.9. The van der Waals surface area contributed by atoms with Crippen LogP contribution in [-0.2, 0) is 14.3 Å². The molecule has 0 rings (SSSR count). The lowest BCUT2D eigenvalue weighted by Gasteiger charge is -2.20. The number of esters is 1. The molecule has 446 valence electrons. The second kappa shape index (κ2) is 65.1. The molecule has 0 bridgehead atoms. The van der Waals surface area contributed by atoms with E-state index >= 15 is 0 Å². The summed E-state index contributed by atoms with van der Waals surface area (Å²) in [7, 11) is 0. The Labute approximate surface area is 469 Å². The van der Waals surface area contributed by atoms with E-state index in [2.05, 4.69) is 19.2 Å². The van der Waals surface area contributed by atoms with Crippen LogP contribution < -0.4 is 5.32 Å². The first-order chi connectivity index (χ1) is 37.0. The largest absolute Gasteiger partial charge is 0.466 e. The number of hydrogen-bond acceptors (Lipinski definition) is 5. The van der Waals surface area contributed by atoms with Gasteiger partial charge in [0.05, 0.1) is 25.4 Å². The Hall–Kier alpha value is -1.40. The number of hydrogen-bond donors (Lipinski definition) is 3. The summed E-state index contributed by atoms with van der Waals surface area (Å²) in [6, 6.07) is -0.626. The molecule has 0 aliphatic heterocycles. The van der Waals surface area contributed by atoms with Crippen LogP contribution in [0.3, 0.4) is 0 Å². The topological polar surface area (TPSA) is 95.9 Å². The van der Waals surface area contributed by atoms with Crippen molar-refractivity contribution in [3.63, 3.8) is 0 Å². The molecule has 0 aliphatic rings. The predicted octanol–water partition coefficient (Wildman–Crippen LogP) is 22.0. The molecule has 0 heterocycles. The molecule has 0 radical (unpaired) electrons. The van der Waals surface area contributed by atoms with Crippen molar-refractivity contribution in [2.75, 3.05) is 13.2 Å². The molecule has 0 aromatic heterocycles. The number of aliphatic hydroxyl groups is 2. The summed E-state index contributed by atoms with van der Waals surface area (Å²) in [5.41, 5.74) is 0. The molecule has 0 aromatic carbocycles. The molecule has 0 fully saturated rings. The van der Waals surface area contributed by atoms with E-state index in [-0.39, 0.29) is 18.5 Å². The molecule has 0 aliphatic carbocycles. The second-order valence-electron chi connectivity index (χ2n) is 23.9. The highest BCUT2D eigenvalue weighted by atomic mass is 16.5. The van der Waals surface area contributed by atoms with Gasteiger partial charge in [0.15, 0.2) is 0 Å². The fourth-order valence-electron chi connectivity index (χ4n) is 11.1. The number of allylic oxidation sites excluding steroid dienone is 1. The number of carbonyl (C=O) groups excluding carboxylic acids is 2. The van der Waals surface area contributed by atoms with Crippen LogP contribution in [0.5, 0.6) is 0 Å². The Morgan fingerprint density at radius 2 is 0.613 bits per heavy atom. The average Bonchev–Trinajstić information content (AvgIpc) is 3.41. The van der Waals surface area contributed by atoms with Gasteiger partial charge in [0, 0.05) is 12.8 Å². The first-order valence-corrected chi connectivity index (χ1v) is 34.5. The summed E-state index contributed by atoms with van der Waals surface area (Å²) in [6.07, 6.45) is 80.0. The number of ether oxygens (including phenoxy) is 1. The minimum absolute atomic E-state index is 0.0209. The van der Waals surface area contributed by atoms with Crippen molar-refractivity contribution in [3.05, 3.63) is 12.2 Å². The number of carbonyl (C=O) groups is 2. The van der Waals surface area contributed by atoms with E-state index in [1.54, 1.807) is 6.08 Å². The lowest BCUT2D eigenvalue weighted by atomic mass is 10.0. The van der Waals surface area contributed by atoms with Crippen LogP contribution in [0.4, 0.5) is 0 Å². The van der Waals surface area contributed by atoms with Crippen LogP contribution >= 0.6 is 0 Å². The summed E-state index contributed by atoms with van der Waals surface area (Å²) >= 11 is 0. The van der Waals surface area contributed by atoms with E-state index in [0.717, 1.165) is 38.5 Å². The van der Waals surface area contributed by atoms with E-state index in [0.29, 0.717) is 19.4 Å². The van der Waals surface area contributed by atoms with Gasteiger partial charge in [-0.2, -0.15) is 0 Å². The Balaban J connectivity index is 3.35. The number of amides is 1. The van der Waals surface area contributed by atoms with Crippen LogP contribution in [0.1, 0.15) is 393 Å². The lowest BCUT2D eigenvalue weighted by molar-refractivity contribution is -0.143. The van der Waals surface area contributed by atoms with E-state index in [9.17, 15) is 19.8 Å². The fourth-order valence-corrected chi connectivity index (χ4v) is 11.1. The molecule has 6 nitrogen and oxygen atoms in total. The molecule has 6 heteroatoms. The molecular weight excluding hydrogens is 923 g/mol. The molecule has 75 heavy (non-hydrogen) atoms. The number of rotatable bonds is 65. The highest BCUT2D eigenvalue weighted by molar-refractivity contribution is 5.76. The zero-order valence-corrected chi connectivity index (χ0v) is 51.1. The minimum atomic E-state index is -0.842. The maximum Gasteiger partial charge on any atom is 0.305 e. The molecule has 2 unspecified atom stereocenters. The van der Waals surface area contributed by atoms with E-state index in [4.69, 9.17) is 4.74 Å². The van der Waals surface area contributed by atoms with Crippen molar-refractivity contribution in [1.29, 1.82) is 0 Å². The molecule has 0 spiro atoms. The van der Waals surface area contributed by atoms with Gasteiger partial charge < -0.3 is 20.3 Å². The highest BCUT2D eigenvalue weighted by Crippen LogP contribution is 2.19. The van der Waals surface area contributed by atoms with Crippen molar-refractivity contribution in [1.82, 2.24) is 5.32 Å². The zero-order valence-electron chi connectivity index (χ0n) is 51.1. The van der Waals surface area contributed by atoms with Gasteiger partial charge in [0.2, 0.25) is 5.91 Å². The lowest BCUT2D eigenvalue weighted by Crippen LogP contribution is -2.45. The Bertz CT molecular complexity index is 1130. The van der Waals surface area contributed by atoms with Gasteiger partial charge in [-0.15, -0.1) is 0 Å². The van der Waals surface area contributed by atoms with Gasteiger partial charge in [-0.1, -0.05) is 360 Å². The van der Waals surface area contributed by atoms with Gasteiger partial charge in [0.25, 0.3) is 0 Å². The molecule has 3 N–H and O–H groups in total. The highest BCUT2D eigenvalue weighted by Gasteiger charge is 2.18. The van der Waals surface area contributed by atoms with Crippen LogP contribution in [-0.4, -0.2) is 47.4 Å². The van der Waals surface area contributed by atoms with Crippen molar-refractivity contribution in [3.8, 4) is 0 Å². The SMILES string of the molecule is CCCCCCCCCCCCCCCC/C=C/C(O)C(CO)NC(=O)CCCCCCCCCCCCCCCCCCCCCCCCCCCOC(=O)CCCCCCCCCCCCCCCCCCC. The minimum Gasteiger partial charge on any atom is -0.466 e. The third kappa shape index (κ3) is 61.7. The summed E-state index contributed by atoms with van der Waals surface area (Å²) in [4.78, 5) is 24.6. The zero-order chi connectivity index (χ0) is 54.3. The van der Waals surface area contributed by atoms with Crippen LogP contribution in [0.15, 0.2) is 12.2 Å². The number of nitrogens with one attached hydrogen (secondary N) is 1. The monoisotopic (exact) mass is 1060 g/mol. The first kappa shape index (κ1) is 73.6.